The normalized spacial score (nSPS) is 12.4. The molecule has 0 amide bonds. The van der Waals surface area contributed by atoms with Gasteiger partial charge in [-0.05, 0) is 77.8 Å². The van der Waals surface area contributed by atoms with Gasteiger partial charge in [-0.15, -0.1) is 0 Å². The number of hydrogen-bond donors (Lipinski definition) is 0. The molecule has 222 valence electrons. The molecule has 0 saturated carbocycles. The predicted molar refractivity (Wildman–Crippen MR) is 171 cm³/mol. The van der Waals surface area contributed by atoms with E-state index in [-0.39, 0.29) is 16.7 Å². The first kappa shape index (κ1) is 31.1. The van der Waals surface area contributed by atoms with E-state index in [2.05, 4.69) is 46.8 Å². The van der Waals surface area contributed by atoms with Gasteiger partial charge < -0.3 is 9.47 Å². The van der Waals surface area contributed by atoms with Crippen molar-refractivity contribution in [3.8, 4) is 16.9 Å². The summed E-state index contributed by atoms with van der Waals surface area (Å²) in [4.78, 5) is 12.2. The van der Waals surface area contributed by atoms with Crippen LogP contribution in [0.2, 0.25) is 0 Å². The van der Waals surface area contributed by atoms with Crippen LogP contribution in [-0.2, 0) is 19.6 Å². The Bertz CT molecular complexity index is 1710. The fraction of sp³-hybridized carbons (Fsp3) is 0.343. The first-order valence-corrected chi connectivity index (χ1v) is 16.0. The van der Waals surface area contributed by atoms with Crippen LogP contribution >= 0.6 is 0 Å². The minimum atomic E-state index is -3.91. The Balaban J connectivity index is 2.10. The van der Waals surface area contributed by atoms with Gasteiger partial charge in [0.25, 0.3) is 10.0 Å². The van der Waals surface area contributed by atoms with Crippen LogP contribution in [0.4, 0.5) is 0 Å². The summed E-state index contributed by atoms with van der Waals surface area (Å²) < 4.78 is 40.7. The zero-order valence-corrected chi connectivity index (χ0v) is 26.4. The quantitative estimate of drug-likeness (QED) is 0.0998. The number of allylic oxidation sites excluding steroid dienone is 1. The highest BCUT2D eigenvalue weighted by Crippen LogP contribution is 2.44. The molecule has 4 aromatic rings. The lowest BCUT2D eigenvalue weighted by Gasteiger charge is -2.21. The van der Waals surface area contributed by atoms with Crippen molar-refractivity contribution >= 4 is 32.5 Å². The molecule has 1 heterocycles. The van der Waals surface area contributed by atoms with Crippen molar-refractivity contribution in [1.29, 1.82) is 0 Å². The summed E-state index contributed by atoms with van der Waals surface area (Å²) in [6.45, 7) is 13.1. The molecule has 0 bridgehead atoms. The zero-order chi connectivity index (χ0) is 30.6. The number of carbonyl (C=O) groups excluding carboxylic acids is 1. The third kappa shape index (κ3) is 6.31. The number of unbranched alkanes of at least 4 members (excludes halogenated alkanes) is 1. The minimum Gasteiger partial charge on any atom is -0.493 e. The Kier molecular flexibility index (Phi) is 9.62. The van der Waals surface area contributed by atoms with Gasteiger partial charge in [-0.2, -0.15) is 0 Å². The van der Waals surface area contributed by atoms with Gasteiger partial charge in [0.15, 0.2) is 0 Å². The van der Waals surface area contributed by atoms with E-state index >= 15 is 0 Å². The van der Waals surface area contributed by atoms with Crippen molar-refractivity contribution in [3.63, 3.8) is 0 Å². The first-order valence-electron chi connectivity index (χ1n) is 14.5. The van der Waals surface area contributed by atoms with Gasteiger partial charge in [0, 0.05) is 28.8 Å². The standard InChI is InChI=1S/C35H41NO5S/c1-8-9-17-41-35-29(24(4)5)20-27(23(2)3)21-31(35)32-22-36(42(38,39)28-13-11-10-12-14-28)33-16-15-26(19-30(32)33)25(6)18-34(37)40-7/h10-16,18-24H,8-9,17H2,1-7H3/b25-18-. The van der Waals surface area contributed by atoms with Crippen LogP contribution in [0.5, 0.6) is 5.75 Å². The maximum absolute atomic E-state index is 14.0. The number of rotatable bonds is 11. The lowest BCUT2D eigenvalue weighted by Crippen LogP contribution is -2.11. The molecule has 4 rings (SSSR count). The third-order valence-electron chi connectivity index (χ3n) is 7.52. The van der Waals surface area contributed by atoms with Gasteiger partial charge in [-0.25, -0.2) is 17.2 Å². The maximum Gasteiger partial charge on any atom is 0.330 e. The molecule has 1 aromatic heterocycles. The van der Waals surface area contributed by atoms with Crippen molar-refractivity contribution in [3.05, 3.63) is 89.6 Å². The van der Waals surface area contributed by atoms with E-state index in [1.54, 1.807) is 42.6 Å². The van der Waals surface area contributed by atoms with Crippen LogP contribution in [0.25, 0.3) is 27.6 Å². The van der Waals surface area contributed by atoms with Crippen LogP contribution in [0, 0.1) is 0 Å². The van der Waals surface area contributed by atoms with Gasteiger partial charge in [0.05, 0.1) is 24.1 Å². The number of nitrogens with zero attached hydrogens (tertiary/aromatic N) is 1. The molecule has 42 heavy (non-hydrogen) atoms. The lowest BCUT2D eigenvalue weighted by molar-refractivity contribution is -0.134. The van der Waals surface area contributed by atoms with Gasteiger partial charge in [-0.1, -0.05) is 71.4 Å². The molecular formula is C35H41NO5S. The number of fused-ring (bicyclic) bond motifs is 1. The second-order valence-electron chi connectivity index (χ2n) is 11.2. The smallest absolute Gasteiger partial charge is 0.330 e. The molecule has 3 aromatic carbocycles. The molecule has 0 saturated heterocycles. The van der Waals surface area contributed by atoms with Crippen LogP contribution in [0.3, 0.4) is 0 Å². The number of ether oxygens (including phenoxy) is 2. The SMILES string of the molecule is CCCCOc1c(-c2cn(S(=O)(=O)c3ccccc3)c3ccc(/C(C)=C\C(=O)OC)cc23)cc(C(C)C)cc1C(C)C. The highest BCUT2D eigenvalue weighted by atomic mass is 32.2. The van der Waals surface area contributed by atoms with E-state index in [0.29, 0.717) is 17.7 Å². The number of hydrogen-bond acceptors (Lipinski definition) is 5. The molecule has 0 radical (unpaired) electrons. The number of methoxy groups -OCH3 is 1. The summed E-state index contributed by atoms with van der Waals surface area (Å²) in [7, 11) is -2.57. The van der Waals surface area contributed by atoms with Gasteiger partial charge >= 0.3 is 5.97 Å². The molecule has 0 atom stereocenters. The van der Waals surface area contributed by atoms with Gasteiger partial charge in [0.1, 0.15) is 5.75 Å². The van der Waals surface area contributed by atoms with Crippen molar-refractivity contribution in [2.24, 2.45) is 0 Å². The highest BCUT2D eigenvalue weighted by Gasteiger charge is 2.25. The summed E-state index contributed by atoms with van der Waals surface area (Å²) >= 11 is 0. The first-order chi connectivity index (χ1) is 20.0. The molecule has 6 nitrogen and oxygen atoms in total. The molecule has 0 aliphatic rings. The van der Waals surface area contributed by atoms with Crippen molar-refractivity contribution in [2.45, 2.75) is 71.1 Å². The monoisotopic (exact) mass is 587 g/mol. The Morgan fingerprint density at radius 1 is 0.952 bits per heavy atom. The molecule has 0 unspecified atom stereocenters. The Labute approximate surface area is 250 Å². The summed E-state index contributed by atoms with van der Waals surface area (Å²) in [6.07, 6.45) is 5.06. The van der Waals surface area contributed by atoms with E-state index in [0.717, 1.165) is 51.8 Å². The molecule has 0 fully saturated rings. The average Bonchev–Trinajstić information content (AvgIpc) is 3.37. The predicted octanol–water partition coefficient (Wildman–Crippen LogP) is 8.55. The number of aromatic nitrogens is 1. The highest BCUT2D eigenvalue weighted by molar-refractivity contribution is 7.90. The van der Waals surface area contributed by atoms with Crippen LogP contribution in [-0.4, -0.2) is 32.1 Å². The molecular weight excluding hydrogens is 546 g/mol. The van der Waals surface area contributed by atoms with Crippen LogP contribution < -0.4 is 4.74 Å². The van der Waals surface area contributed by atoms with Gasteiger partial charge in [0.2, 0.25) is 0 Å². The zero-order valence-electron chi connectivity index (χ0n) is 25.6. The van der Waals surface area contributed by atoms with Gasteiger partial charge in [-0.3, -0.25) is 0 Å². The van der Waals surface area contributed by atoms with E-state index < -0.39 is 16.0 Å². The average molecular weight is 588 g/mol. The van der Waals surface area contributed by atoms with Crippen LogP contribution in [0.1, 0.15) is 82.9 Å². The largest absolute Gasteiger partial charge is 0.493 e. The Morgan fingerprint density at radius 3 is 2.29 bits per heavy atom. The lowest BCUT2D eigenvalue weighted by atomic mass is 9.89. The number of benzene rings is 3. The number of carbonyl (C=O) groups is 1. The summed E-state index contributed by atoms with van der Waals surface area (Å²) in [5, 5.41) is 0.751. The number of esters is 1. The molecule has 0 aliphatic carbocycles. The fourth-order valence-corrected chi connectivity index (χ4v) is 6.39. The summed E-state index contributed by atoms with van der Waals surface area (Å²) in [5.41, 5.74) is 5.92. The Hall–Kier alpha value is -3.84. The fourth-order valence-electron chi connectivity index (χ4n) is 5.00. The van der Waals surface area contributed by atoms with Crippen molar-refractivity contribution in [2.75, 3.05) is 13.7 Å². The molecule has 0 N–H and O–H groups in total. The maximum atomic E-state index is 14.0. The second-order valence-corrected chi connectivity index (χ2v) is 13.1. The van der Waals surface area contributed by atoms with E-state index in [1.165, 1.54) is 17.2 Å². The van der Waals surface area contributed by atoms with E-state index in [9.17, 15) is 13.2 Å². The van der Waals surface area contributed by atoms with E-state index in [4.69, 9.17) is 9.47 Å². The molecule has 0 aliphatic heterocycles. The second kappa shape index (κ2) is 13.0. The molecule has 0 spiro atoms. The van der Waals surface area contributed by atoms with Crippen LogP contribution in [0.15, 0.2) is 77.8 Å². The van der Waals surface area contributed by atoms with Crippen molar-refractivity contribution in [1.82, 2.24) is 3.97 Å². The molecule has 7 heteroatoms. The Morgan fingerprint density at radius 2 is 1.67 bits per heavy atom. The minimum absolute atomic E-state index is 0.196. The summed E-state index contributed by atoms with van der Waals surface area (Å²) in [6, 6.07) is 18.4. The third-order valence-corrected chi connectivity index (χ3v) is 9.21. The van der Waals surface area contributed by atoms with Crippen molar-refractivity contribution < 1.29 is 22.7 Å². The van der Waals surface area contributed by atoms with E-state index in [1.807, 2.05) is 19.1 Å². The topological polar surface area (TPSA) is 74.6 Å². The summed E-state index contributed by atoms with van der Waals surface area (Å²) in [5.74, 6) is 0.788.